The molecule has 25 heavy (non-hydrogen) atoms. The normalized spacial score (nSPS) is 25.0. The molecule has 2 N–H and O–H groups in total. The van der Waals surface area contributed by atoms with Crippen molar-refractivity contribution in [1.82, 2.24) is 14.4 Å². The molecule has 134 valence electrons. The molecule has 1 aromatic heterocycles. The zero-order valence-electron chi connectivity index (χ0n) is 13.6. The molecule has 1 saturated heterocycles. The summed E-state index contributed by atoms with van der Waals surface area (Å²) in [7, 11) is -3.76. The molecule has 0 unspecified atom stereocenters. The van der Waals surface area contributed by atoms with Gasteiger partial charge in [0.15, 0.2) is 0 Å². The van der Waals surface area contributed by atoms with Crippen LogP contribution >= 0.6 is 11.6 Å². The monoisotopic (exact) mass is 385 g/mol. The maximum absolute atomic E-state index is 13.9. The number of nitrogens with zero attached hydrogens (tertiary/aromatic N) is 1. The lowest BCUT2D eigenvalue weighted by molar-refractivity contribution is 0.324. The number of hydrogen-bond acceptors (Lipinski definition) is 4. The highest BCUT2D eigenvalue weighted by atomic mass is 35.5. The van der Waals surface area contributed by atoms with Gasteiger partial charge in [0.2, 0.25) is 5.88 Å². The molecule has 0 bridgehead atoms. The highest BCUT2D eigenvalue weighted by molar-refractivity contribution is 7.87. The summed E-state index contributed by atoms with van der Waals surface area (Å²) in [5, 5.41) is -0.0259. The maximum Gasteiger partial charge on any atom is 0.278 e. The Morgan fingerprint density at radius 3 is 2.72 bits per heavy atom. The quantitative estimate of drug-likeness (QED) is 0.847. The second kappa shape index (κ2) is 6.53. The number of aromatic nitrogens is 1. The molecule has 0 aliphatic carbocycles. The van der Waals surface area contributed by atoms with Crippen LogP contribution in [-0.2, 0) is 15.7 Å². The molecule has 0 amide bonds. The third kappa shape index (κ3) is 3.48. The summed E-state index contributed by atoms with van der Waals surface area (Å²) in [5.74, 6) is -0.171. The van der Waals surface area contributed by atoms with E-state index in [1.54, 1.807) is 31.3 Å². The fourth-order valence-electron chi connectivity index (χ4n) is 2.88. The summed E-state index contributed by atoms with van der Waals surface area (Å²) in [6, 6.07) is 6.87. The van der Waals surface area contributed by atoms with E-state index in [1.165, 1.54) is 12.1 Å². The van der Waals surface area contributed by atoms with Crippen LogP contribution in [0.5, 0.6) is 5.88 Å². The van der Waals surface area contributed by atoms with Crippen molar-refractivity contribution < 1.29 is 17.5 Å². The number of rotatable bonds is 4. The third-order valence-corrected chi connectivity index (χ3v) is 5.65. The Hall–Kier alpha value is -1.74. The number of hydrogen-bond donors (Lipinski definition) is 2. The van der Waals surface area contributed by atoms with Gasteiger partial charge in [-0.25, -0.2) is 9.37 Å². The predicted octanol–water partition coefficient (Wildman–Crippen LogP) is 2.67. The fraction of sp³-hybridized carbons (Fsp3) is 0.312. The van der Waals surface area contributed by atoms with Gasteiger partial charge in [-0.2, -0.15) is 17.9 Å². The zero-order chi connectivity index (χ0) is 18.2. The zero-order valence-corrected chi connectivity index (χ0v) is 15.2. The molecule has 1 aromatic carbocycles. The summed E-state index contributed by atoms with van der Waals surface area (Å²) in [6.07, 6.45) is 1.54. The van der Waals surface area contributed by atoms with Crippen molar-refractivity contribution in [3.05, 3.63) is 58.5 Å². The Morgan fingerprint density at radius 2 is 2.12 bits per heavy atom. The molecule has 6 nitrogen and oxygen atoms in total. The number of benzene rings is 1. The molecule has 2 aromatic rings. The summed E-state index contributed by atoms with van der Waals surface area (Å²) < 4.78 is 48.5. The molecule has 1 aliphatic heterocycles. The highest BCUT2D eigenvalue weighted by Gasteiger charge is 2.48. The lowest BCUT2D eigenvalue weighted by Crippen LogP contribution is -2.39. The van der Waals surface area contributed by atoms with Crippen LogP contribution < -0.4 is 14.2 Å². The van der Waals surface area contributed by atoms with Crippen LogP contribution in [0.15, 0.2) is 36.5 Å². The van der Waals surface area contributed by atoms with Gasteiger partial charge in [-0.1, -0.05) is 23.7 Å². The molecule has 0 spiro atoms. The fourth-order valence-corrected chi connectivity index (χ4v) is 4.53. The Kier molecular flexibility index (Phi) is 4.72. The van der Waals surface area contributed by atoms with E-state index in [4.69, 9.17) is 16.3 Å². The van der Waals surface area contributed by atoms with Crippen molar-refractivity contribution in [3.63, 3.8) is 0 Å². The summed E-state index contributed by atoms with van der Waals surface area (Å²) >= 11 is 5.73. The van der Waals surface area contributed by atoms with Gasteiger partial charge < -0.3 is 4.74 Å². The first-order chi connectivity index (χ1) is 11.7. The van der Waals surface area contributed by atoms with E-state index >= 15 is 0 Å². The molecule has 1 aliphatic rings. The minimum atomic E-state index is -3.76. The van der Waals surface area contributed by atoms with Gasteiger partial charge in [0, 0.05) is 12.3 Å². The summed E-state index contributed by atoms with van der Waals surface area (Å²) in [5.41, 5.74) is 0.00775. The Balaban J connectivity index is 2.05. The Bertz CT molecular complexity index is 892. The van der Waals surface area contributed by atoms with Gasteiger partial charge >= 0.3 is 0 Å². The van der Waals surface area contributed by atoms with Crippen LogP contribution in [0.1, 0.15) is 31.0 Å². The van der Waals surface area contributed by atoms with E-state index in [9.17, 15) is 12.8 Å². The molecule has 2 heterocycles. The number of ether oxygens (including phenoxy) is 1. The van der Waals surface area contributed by atoms with Crippen molar-refractivity contribution in [2.24, 2.45) is 0 Å². The maximum atomic E-state index is 13.9. The highest BCUT2D eigenvalue weighted by Crippen LogP contribution is 2.40. The predicted molar refractivity (Wildman–Crippen MR) is 92.1 cm³/mol. The molecular weight excluding hydrogens is 369 g/mol. The van der Waals surface area contributed by atoms with E-state index in [-0.39, 0.29) is 5.02 Å². The van der Waals surface area contributed by atoms with Crippen LogP contribution in [0, 0.1) is 5.82 Å². The second-order valence-electron chi connectivity index (χ2n) is 5.85. The van der Waals surface area contributed by atoms with Crippen molar-refractivity contribution in [2.75, 3.05) is 6.61 Å². The number of nitrogens with one attached hydrogen (secondary N) is 2. The first kappa shape index (κ1) is 18.1. The van der Waals surface area contributed by atoms with Crippen LogP contribution in [0.3, 0.4) is 0 Å². The summed E-state index contributed by atoms with van der Waals surface area (Å²) in [4.78, 5) is 4.19. The Morgan fingerprint density at radius 1 is 1.36 bits per heavy atom. The molecule has 0 saturated carbocycles. The first-order valence-electron chi connectivity index (χ1n) is 7.60. The van der Waals surface area contributed by atoms with Crippen LogP contribution in [0.2, 0.25) is 5.02 Å². The van der Waals surface area contributed by atoms with E-state index in [1.807, 2.05) is 6.92 Å². The van der Waals surface area contributed by atoms with Crippen LogP contribution in [0.4, 0.5) is 4.39 Å². The molecule has 1 fully saturated rings. The second-order valence-corrected chi connectivity index (χ2v) is 7.70. The van der Waals surface area contributed by atoms with Crippen molar-refractivity contribution in [2.45, 2.75) is 25.4 Å². The van der Waals surface area contributed by atoms with E-state index in [0.717, 1.165) is 0 Å². The SMILES string of the molecule is CCOc1ccc([C@@]2(C)NS(=O)(=O)N[C@H]2c2ccc(Cl)c(F)c2)cn1. The van der Waals surface area contributed by atoms with Crippen LogP contribution in [0.25, 0.3) is 0 Å². The molecular formula is C16H17ClFN3O3S. The summed E-state index contributed by atoms with van der Waals surface area (Å²) in [6.45, 7) is 4.03. The van der Waals surface area contributed by atoms with Crippen molar-refractivity contribution in [3.8, 4) is 5.88 Å². The van der Waals surface area contributed by atoms with Gasteiger partial charge in [0.05, 0.1) is 23.2 Å². The van der Waals surface area contributed by atoms with Gasteiger partial charge in [-0.3, -0.25) is 0 Å². The van der Waals surface area contributed by atoms with E-state index < -0.39 is 27.6 Å². The van der Waals surface area contributed by atoms with Crippen molar-refractivity contribution >= 4 is 21.8 Å². The van der Waals surface area contributed by atoms with Gasteiger partial charge in [0.1, 0.15) is 5.82 Å². The van der Waals surface area contributed by atoms with E-state index in [0.29, 0.717) is 23.6 Å². The van der Waals surface area contributed by atoms with Crippen molar-refractivity contribution in [1.29, 1.82) is 0 Å². The average molecular weight is 386 g/mol. The average Bonchev–Trinajstić information content (AvgIpc) is 2.81. The molecule has 0 radical (unpaired) electrons. The van der Waals surface area contributed by atoms with Gasteiger partial charge in [0.25, 0.3) is 10.2 Å². The Labute approximate surface area is 150 Å². The van der Waals surface area contributed by atoms with Gasteiger partial charge in [-0.15, -0.1) is 0 Å². The minimum absolute atomic E-state index is 0.0259. The lowest BCUT2D eigenvalue weighted by Gasteiger charge is -2.30. The van der Waals surface area contributed by atoms with Gasteiger partial charge in [-0.05, 0) is 37.1 Å². The standard InChI is InChI=1S/C16H17ClFN3O3S/c1-3-24-14-7-5-11(9-19-14)16(2)15(20-25(22,23)21-16)10-4-6-12(17)13(18)8-10/h4-9,15,20-21H,3H2,1-2H3/t15-,16+/m0/s1. The largest absolute Gasteiger partial charge is 0.478 e. The number of pyridine rings is 1. The first-order valence-corrected chi connectivity index (χ1v) is 9.47. The lowest BCUT2D eigenvalue weighted by atomic mass is 9.83. The smallest absolute Gasteiger partial charge is 0.278 e. The number of halogens is 2. The molecule has 2 atom stereocenters. The minimum Gasteiger partial charge on any atom is -0.478 e. The molecule has 9 heteroatoms. The topological polar surface area (TPSA) is 80.3 Å². The van der Waals surface area contributed by atoms with E-state index in [2.05, 4.69) is 14.4 Å². The third-order valence-electron chi connectivity index (χ3n) is 4.10. The van der Waals surface area contributed by atoms with Crippen LogP contribution in [-0.4, -0.2) is 20.0 Å². The molecule has 3 rings (SSSR count).